The Bertz CT molecular complexity index is 858. The summed E-state index contributed by atoms with van der Waals surface area (Å²) in [6.07, 6.45) is 0.384. The summed E-state index contributed by atoms with van der Waals surface area (Å²) >= 11 is 0. The summed E-state index contributed by atoms with van der Waals surface area (Å²) in [4.78, 5) is 27.8. The van der Waals surface area contributed by atoms with E-state index in [2.05, 4.69) is 5.32 Å². The number of halogens is 1. The Balaban J connectivity index is 2.35. The van der Waals surface area contributed by atoms with Crippen LogP contribution in [0.15, 0.2) is 48.5 Å². The van der Waals surface area contributed by atoms with Crippen molar-refractivity contribution in [1.29, 1.82) is 0 Å². The van der Waals surface area contributed by atoms with Gasteiger partial charge in [-0.3, -0.25) is 9.59 Å². The van der Waals surface area contributed by atoms with Crippen LogP contribution in [0.1, 0.15) is 50.8 Å². The quantitative estimate of drug-likeness (QED) is 0.752. The Hall–Kier alpha value is -2.69. The molecule has 0 aromatic heterocycles. The number of carbonyl (C=O) groups excluding carboxylic acids is 2. The average Bonchev–Trinajstić information content (AvgIpc) is 2.63. The zero-order valence-corrected chi connectivity index (χ0v) is 18.0. The van der Waals surface area contributed by atoms with Crippen LogP contribution in [0.4, 0.5) is 4.39 Å². The summed E-state index contributed by atoms with van der Waals surface area (Å²) in [5, 5.41) is 2.97. The van der Waals surface area contributed by atoms with Gasteiger partial charge in [0.05, 0.1) is 6.42 Å². The van der Waals surface area contributed by atoms with Gasteiger partial charge in [-0.05, 0) is 56.9 Å². The SMILES string of the molecule is CC[C@H](C(=O)NC(C)(C)C)N(Cc1ccccc1C)C(=O)Cc1ccccc1F. The molecule has 2 amide bonds. The molecular weight excluding hydrogens is 367 g/mol. The third-order valence-electron chi connectivity index (χ3n) is 4.79. The zero-order valence-electron chi connectivity index (χ0n) is 18.0. The van der Waals surface area contributed by atoms with Gasteiger partial charge < -0.3 is 10.2 Å². The van der Waals surface area contributed by atoms with Gasteiger partial charge in [0.1, 0.15) is 11.9 Å². The fraction of sp³-hybridized carbons (Fsp3) is 0.417. The van der Waals surface area contributed by atoms with E-state index in [0.29, 0.717) is 18.5 Å². The minimum Gasteiger partial charge on any atom is -0.350 e. The van der Waals surface area contributed by atoms with E-state index in [1.165, 1.54) is 6.07 Å². The number of benzene rings is 2. The van der Waals surface area contributed by atoms with Crippen molar-refractivity contribution in [3.63, 3.8) is 0 Å². The number of nitrogens with zero attached hydrogens (tertiary/aromatic N) is 1. The molecule has 156 valence electrons. The first-order valence-corrected chi connectivity index (χ1v) is 10.0. The summed E-state index contributed by atoms with van der Waals surface area (Å²) in [6.45, 7) is 9.88. The maximum atomic E-state index is 14.1. The van der Waals surface area contributed by atoms with Crippen molar-refractivity contribution in [3.8, 4) is 0 Å². The molecule has 0 saturated heterocycles. The minimum atomic E-state index is -0.631. The number of nitrogens with one attached hydrogen (secondary N) is 1. The Labute approximate surface area is 173 Å². The van der Waals surface area contributed by atoms with E-state index in [-0.39, 0.29) is 18.2 Å². The van der Waals surface area contributed by atoms with Crippen molar-refractivity contribution in [2.75, 3.05) is 0 Å². The van der Waals surface area contributed by atoms with Gasteiger partial charge in [-0.15, -0.1) is 0 Å². The smallest absolute Gasteiger partial charge is 0.243 e. The van der Waals surface area contributed by atoms with Gasteiger partial charge in [-0.2, -0.15) is 0 Å². The number of aryl methyl sites for hydroxylation is 1. The molecule has 0 aliphatic rings. The van der Waals surface area contributed by atoms with Gasteiger partial charge in [0, 0.05) is 12.1 Å². The first-order chi connectivity index (χ1) is 13.6. The predicted molar refractivity (Wildman–Crippen MR) is 114 cm³/mol. The van der Waals surface area contributed by atoms with Crippen LogP contribution in [0.5, 0.6) is 0 Å². The van der Waals surface area contributed by atoms with Crippen LogP contribution in [0.25, 0.3) is 0 Å². The molecule has 2 aromatic carbocycles. The third kappa shape index (κ3) is 6.41. The van der Waals surface area contributed by atoms with Crippen molar-refractivity contribution < 1.29 is 14.0 Å². The van der Waals surface area contributed by atoms with Gasteiger partial charge in [-0.1, -0.05) is 49.4 Å². The molecule has 4 nitrogen and oxygen atoms in total. The highest BCUT2D eigenvalue weighted by molar-refractivity contribution is 5.88. The van der Waals surface area contributed by atoms with Crippen LogP contribution in [0.2, 0.25) is 0 Å². The van der Waals surface area contributed by atoms with Crippen LogP contribution >= 0.6 is 0 Å². The monoisotopic (exact) mass is 398 g/mol. The number of hydrogen-bond acceptors (Lipinski definition) is 2. The lowest BCUT2D eigenvalue weighted by atomic mass is 10.0. The van der Waals surface area contributed by atoms with Gasteiger partial charge in [0.25, 0.3) is 0 Å². The van der Waals surface area contributed by atoms with Crippen molar-refractivity contribution in [1.82, 2.24) is 10.2 Å². The lowest BCUT2D eigenvalue weighted by molar-refractivity contribution is -0.141. The summed E-state index contributed by atoms with van der Waals surface area (Å²) in [5.74, 6) is -0.881. The number of rotatable bonds is 7. The Morgan fingerprint density at radius 2 is 1.62 bits per heavy atom. The molecule has 0 saturated carbocycles. The van der Waals surface area contributed by atoms with Crippen molar-refractivity contribution in [2.24, 2.45) is 0 Å². The summed E-state index contributed by atoms with van der Waals surface area (Å²) in [5.41, 5.74) is 1.94. The largest absolute Gasteiger partial charge is 0.350 e. The van der Waals surface area contributed by atoms with Gasteiger partial charge in [0.2, 0.25) is 11.8 Å². The van der Waals surface area contributed by atoms with E-state index in [1.807, 2.05) is 58.9 Å². The molecule has 0 aliphatic carbocycles. The van der Waals surface area contributed by atoms with Gasteiger partial charge in [0.15, 0.2) is 0 Å². The van der Waals surface area contributed by atoms with E-state index in [0.717, 1.165) is 11.1 Å². The van der Waals surface area contributed by atoms with Crippen LogP contribution < -0.4 is 5.32 Å². The molecule has 5 heteroatoms. The summed E-state index contributed by atoms with van der Waals surface area (Å²) in [6, 6.07) is 13.4. The summed E-state index contributed by atoms with van der Waals surface area (Å²) < 4.78 is 14.1. The van der Waals surface area contributed by atoms with Crippen LogP contribution in [-0.4, -0.2) is 28.3 Å². The highest BCUT2D eigenvalue weighted by atomic mass is 19.1. The molecule has 0 spiro atoms. The standard InChI is InChI=1S/C24H31FN2O2/c1-6-21(23(29)26-24(3,4)5)27(16-19-13-8-7-11-17(19)2)22(28)15-18-12-9-10-14-20(18)25/h7-14,21H,6,15-16H2,1-5H3,(H,26,29)/t21-/m1/s1. The molecule has 0 fully saturated rings. The van der Waals surface area contributed by atoms with Crippen molar-refractivity contribution in [2.45, 2.75) is 65.6 Å². The van der Waals surface area contributed by atoms with Crippen LogP contribution in [-0.2, 0) is 22.6 Å². The maximum Gasteiger partial charge on any atom is 0.243 e. The van der Waals surface area contributed by atoms with Crippen LogP contribution in [0, 0.1) is 12.7 Å². The molecule has 0 radical (unpaired) electrons. The average molecular weight is 399 g/mol. The molecule has 0 bridgehead atoms. The second-order valence-corrected chi connectivity index (χ2v) is 8.38. The minimum absolute atomic E-state index is 0.0855. The fourth-order valence-electron chi connectivity index (χ4n) is 3.25. The highest BCUT2D eigenvalue weighted by Gasteiger charge is 2.31. The Kier molecular flexibility index (Phi) is 7.54. The zero-order chi connectivity index (χ0) is 21.6. The third-order valence-corrected chi connectivity index (χ3v) is 4.79. The molecule has 0 heterocycles. The second-order valence-electron chi connectivity index (χ2n) is 8.38. The molecule has 2 rings (SSSR count). The van der Waals surface area contributed by atoms with E-state index < -0.39 is 17.4 Å². The molecular formula is C24H31FN2O2. The van der Waals surface area contributed by atoms with E-state index >= 15 is 0 Å². The number of amides is 2. The summed E-state index contributed by atoms with van der Waals surface area (Å²) in [7, 11) is 0. The maximum absolute atomic E-state index is 14.1. The topological polar surface area (TPSA) is 49.4 Å². The molecule has 1 atom stereocenters. The number of hydrogen-bond donors (Lipinski definition) is 1. The molecule has 0 unspecified atom stereocenters. The fourth-order valence-corrected chi connectivity index (χ4v) is 3.25. The Morgan fingerprint density at radius 3 is 2.17 bits per heavy atom. The van der Waals surface area contributed by atoms with Crippen molar-refractivity contribution in [3.05, 3.63) is 71.0 Å². The van der Waals surface area contributed by atoms with E-state index in [1.54, 1.807) is 23.1 Å². The molecule has 2 aromatic rings. The first kappa shape index (κ1) is 22.6. The van der Waals surface area contributed by atoms with Crippen molar-refractivity contribution >= 4 is 11.8 Å². The molecule has 29 heavy (non-hydrogen) atoms. The Morgan fingerprint density at radius 1 is 1.03 bits per heavy atom. The lowest BCUT2D eigenvalue weighted by Gasteiger charge is -2.33. The normalized spacial score (nSPS) is 12.3. The van der Waals surface area contributed by atoms with E-state index in [9.17, 15) is 14.0 Å². The predicted octanol–water partition coefficient (Wildman–Crippen LogP) is 4.40. The molecule has 1 N–H and O–H groups in total. The van der Waals surface area contributed by atoms with Crippen LogP contribution in [0.3, 0.4) is 0 Å². The lowest BCUT2D eigenvalue weighted by Crippen LogP contribution is -2.53. The van der Waals surface area contributed by atoms with Gasteiger partial charge >= 0.3 is 0 Å². The highest BCUT2D eigenvalue weighted by Crippen LogP contribution is 2.18. The second kappa shape index (κ2) is 9.68. The first-order valence-electron chi connectivity index (χ1n) is 10.0. The van der Waals surface area contributed by atoms with Gasteiger partial charge in [-0.25, -0.2) is 4.39 Å². The molecule has 0 aliphatic heterocycles. The number of carbonyl (C=O) groups is 2. The van der Waals surface area contributed by atoms with E-state index in [4.69, 9.17) is 0 Å².